The zero-order valence-corrected chi connectivity index (χ0v) is 11.5. The molecule has 1 aromatic heterocycles. The van der Waals surface area contributed by atoms with E-state index in [9.17, 15) is 9.59 Å². The lowest BCUT2D eigenvalue weighted by Gasteiger charge is -2.04. The van der Waals surface area contributed by atoms with Crippen molar-refractivity contribution < 1.29 is 14.7 Å². The molecule has 6 heteroatoms. The van der Waals surface area contributed by atoms with E-state index in [1.54, 1.807) is 30.1 Å². The number of benzene rings is 1. The van der Waals surface area contributed by atoms with Crippen molar-refractivity contribution in [3.8, 4) is 0 Å². The van der Waals surface area contributed by atoms with Gasteiger partial charge in [0.25, 0.3) is 5.91 Å². The normalized spacial score (nSPS) is 10.7. The van der Waals surface area contributed by atoms with Crippen LogP contribution in [0, 0.1) is 0 Å². The largest absolute Gasteiger partial charge is 0.478 e. The molecule has 6 nitrogen and oxygen atoms in total. The molecule has 2 N–H and O–H groups in total. The molecule has 0 unspecified atom stereocenters. The summed E-state index contributed by atoms with van der Waals surface area (Å²) in [5, 5.41) is 15.3. The van der Waals surface area contributed by atoms with E-state index in [1.165, 1.54) is 12.3 Å². The Balaban J connectivity index is 1.92. The van der Waals surface area contributed by atoms with E-state index in [2.05, 4.69) is 10.4 Å². The predicted octanol–water partition coefficient (Wildman–Crippen LogP) is 1.45. The summed E-state index contributed by atoms with van der Waals surface area (Å²) in [7, 11) is 1.75. The Labute approximate surface area is 121 Å². The monoisotopic (exact) mass is 285 g/mol. The molecular formula is C15H15N3O3. The van der Waals surface area contributed by atoms with Gasteiger partial charge in [0, 0.05) is 25.9 Å². The second-order valence-electron chi connectivity index (χ2n) is 4.50. The van der Waals surface area contributed by atoms with Gasteiger partial charge >= 0.3 is 5.97 Å². The van der Waals surface area contributed by atoms with Gasteiger partial charge in [-0.1, -0.05) is 24.3 Å². The van der Waals surface area contributed by atoms with Crippen LogP contribution in [0.5, 0.6) is 0 Å². The number of nitrogens with zero attached hydrogens (tertiary/aromatic N) is 2. The minimum absolute atomic E-state index is 0.182. The van der Waals surface area contributed by atoms with Crippen molar-refractivity contribution in [1.29, 1.82) is 0 Å². The number of rotatable bonds is 5. The molecule has 108 valence electrons. The Morgan fingerprint density at radius 2 is 2.05 bits per heavy atom. The third kappa shape index (κ3) is 4.31. The first-order valence-corrected chi connectivity index (χ1v) is 6.31. The zero-order valence-electron chi connectivity index (χ0n) is 11.5. The Bertz CT molecular complexity index is 672. The van der Waals surface area contributed by atoms with Crippen LogP contribution < -0.4 is 5.32 Å². The molecule has 21 heavy (non-hydrogen) atoms. The maximum absolute atomic E-state index is 11.8. The van der Waals surface area contributed by atoms with E-state index in [0.717, 1.165) is 17.2 Å². The second-order valence-corrected chi connectivity index (χ2v) is 4.50. The van der Waals surface area contributed by atoms with Gasteiger partial charge in [0.2, 0.25) is 0 Å². The average Bonchev–Trinajstić information content (AvgIpc) is 2.90. The van der Waals surface area contributed by atoms with Crippen LogP contribution in [0.15, 0.2) is 42.7 Å². The van der Waals surface area contributed by atoms with Crippen LogP contribution in [-0.2, 0) is 18.4 Å². The van der Waals surface area contributed by atoms with E-state index < -0.39 is 5.97 Å². The van der Waals surface area contributed by atoms with E-state index in [1.807, 2.05) is 12.1 Å². The van der Waals surface area contributed by atoms with Gasteiger partial charge in [0.15, 0.2) is 0 Å². The molecule has 2 rings (SSSR count). The van der Waals surface area contributed by atoms with Crippen molar-refractivity contribution in [2.24, 2.45) is 7.05 Å². The summed E-state index contributed by atoms with van der Waals surface area (Å²) in [5.41, 5.74) is 2.23. The lowest BCUT2D eigenvalue weighted by Crippen LogP contribution is -2.22. The summed E-state index contributed by atoms with van der Waals surface area (Å²) in [6.45, 7) is 0.399. The van der Waals surface area contributed by atoms with Crippen LogP contribution in [0.3, 0.4) is 0 Å². The predicted molar refractivity (Wildman–Crippen MR) is 77.5 cm³/mol. The van der Waals surface area contributed by atoms with Crippen molar-refractivity contribution in [1.82, 2.24) is 15.1 Å². The maximum atomic E-state index is 11.8. The highest BCUT2D eigenvalue weighted by molar-refractivity contribution is 5.93. The third-order valence-electron chi connectivity index (χ3n) is 2.82. The topological polar surface area (TPSA) is 84.2 Å². The van der Waals surface area contributed by atoms with Crippen molar-refractivity contribution in [2.45, 2.75) is 6.54 Å². The first-order chi connectivity index (χ1) is 10.0. The highest BCUT2D eigenvalue weighted by Gasteiger charge is 2.06. The van der Waals surface area contributed by atoms with Crippen LogP contribution in [0.1, 0.15) is 21.5 Å². The van der Waals surface area contributed by atoms with Gasteiger partial charge in [0.1, 0.15) is 0 Å². The molecule has 0 saturated carbocycles. The molecule has 0 radical (unpaired) electrons. The number of hydrogen-bond acceptors (Lipinski definition) is 3. The Morgan fingerprint density at radius 3 is 2.62 bits per heavy atom. The van der Waals surface area contributed by atoms with E-state index in [4.69, 9.17) is 5.11 Å². The summed E-state index contributed by atoms with van der Waals surface area (Å²) < 4.78 is 1.57. The lowest BCUT2D eigenvalue weighted by atomic mass is 10.1. The van der Waals surface area contributed by atoms with Gasteiger partial charge in [-0.25, -0.2) is 4.79 Å². The SMILES string of the molecule is Cn1cc(C(=O)NCc2ccc(C=CC(=O)O)cc2)cn1. The number of amides is 1. The molecule has 1 amide bonds. The van der Waals surface area contributed by atoms with Crippen molar-refractivity contribution >= 4 is 18.0 Å². The van der Waals surface area contributed by atoms with E-state index in [-0.39, 0.29) is 5.91 Å². The molecule has 0 saturated heterocycles. The molecule has 0 aliphatic rings. The summed E-state index contributed by atoms with van der Waals surface area (Å²) in [6.07, 6.45) is 5.75. The Hall–Kier alpha value is -2.89. The van der Waals surface area contributed by atoms with Crippen LogP contribution in [-0.4, -0.2) is 26.8 Å². The smallest absolute Gasteiger partial charge is 0.328 e. The molecule has 0 aliphatic carbocycles. The molecule has 1 aromatic carbocycles. The summed E-state index contributed by atoms with van der Waals surface area (Å²) in [4.78, 5) is 22.2. The van der Waals surface area contributed by atoms with Crippen molar-refractivity contribution in [3.63, 3.8) is 0 Å². The van der Waals surface area contributed by atoms with Crippen LogP contribution >= 0.6 is 0 Å². The standard InChI is InChI=1S/C15H15N3O3/c1-18-10-13(9-17-18)15(21)16-8-12-4-2-11(3-5-12)6-7-14(19)20/h2-7,9-10H,8H2,1H3,(H,16,21)(H,19,20). The van der Waals surface area contributed by atoms with E-state index >= 15 is 0 Å². The third-order valence-corrected chi connectivity index (χ3v) is 2.82. The number of aryl methyl sites for hydroxylation is 1. The second kappa shape index (κ2) is 6.51. The van der Waals surface area contributed by atoms with Gasteiger partial charge in [-0.2, -0.15) is 5.10 Å². The maximum Gasteiger partial charge on any atom is 0.328 e. The Kier molecular flexibility index (Phi) is 4.50. The van der Waals surface area contributed by atoms with Crippen molar-refractivity contribution in [3.05, 3.63) is 59.4 Å². The number of hydrogen-bond donors (Lipinski definition) is 2. The fraction of sp³-hybridized carbons (Fsp3) is 0.133. The minimum atomic E-state index is -0.984. The summed E-state index contributed by atoms with van der Waals surface area (Å²) >= 11 is 0. The quantitative estimate of drug-likeness (QED) is 0.814. The van der Waals surface area contributed by atoms with Gasteiger partial charge in [-0.3, -0.25) is 9.48 Å². The minimum Gasteiger partial charge on any atom is -0.478 e. The number of aliphatic carboxylic acids is 1. The zero-order chi connectivity index (χ0) is 15.2. The number of carboxylic acid groups (broad SMARTS) is 1. The molecule has 1 heterocycles. The molecule has 0 spiro atoms. The number of carbonyl (C=O) groups excluding carboxylic acids is 1. The molecule has 0 bridgehead atoms. The highest BCUT2D eigenvalue weighted by Crippen LogP contribution is 2.06. The van der Waals surface area contributed by atoms with Crippen molar-refractivity contribution in [2.75, 3.05) is 0 Å². The lowest BCUT2D eigenvalue weighted by molar-refractivity contribution is -0.131. The Morgan fingerprint density at radius 1 is 1.33 bits per heavy atom. The average molecular weight is 285 g/mol. The molecule has 0 aliphatic heterocycles. The number of carboxylic acids is 1. The summed E-state index contributed by atoms with van der Waals surface area (Å²) in [5.74, 6) is -1.17. The number of aromatic nitrogens is 2. The van der Waals surface area contributed by atoms with E-state index in [0.29, 0.717) is 12.1 Å². The van der Waals surface area contributed by atoms with Gasteiger partial charge in [-0.05, 0) is 17.2 Å². The van der Waals surface area contributed by atoms with Gasteiger partial charge < -0.3 is 10.4 Å². The van der Waals surface area contributed by atoms with Crippen LogP contribution in [0.4, 0.5) is 0 Å². The van der Waals surface area contributed by atoms with Gasteiger partial charge in [-0.15, -0.1) is 0 Å². The number of carbonyl (C=O) groups is 2. The fourth-order valence-corrected chi connectivity index (χ4v) is 1.74. The fourth-order valence-electron chi connectivity index (χ4n) is 1.74. The first-order valence-electron chi connectivity index (χ1n) is 6.31. The molecule has 2 aromatic rings. The first kappa shape index (κ1) is 14.5. The van der Waals surface area contributed by atoms with Crippen LogP contribution in [0.25, 0.3) is 6.08 Å². The van der Waals surface area contributed by atoms with Gasteiger partial charge in [0.05, 0.1) is 11.8 Å². The molecule has 0 atom stereocenters. The van der Waals surface area contributed by atoms with Crippen LogP contribution in [0.2, 0.25) is 0 Å². The summed E-state index contributed by atoms with van der Waals surface area (Å²) in [6, 6.07) is 7.27. The number of nitrogens with one attached hydrogen (secondary N) is 1. The molecule has 0 fully saturated rings. The highest BCUT2D eigenvalue weighted by atomic mass is 16.4. The molecular weight excluding hydrogens is 270 g/mol.